The number of nitrogens with one attached hydrogen (secondary N) is 1. The highest BCUT2D eigenvalue weighted by molar-refractivity contribution is 7.80. The van der Waals surface area contributed by atoms with Crippen molar-refractivity contribution >= 4 is 23.0 Å². The van der Waals surface area contributed by atoms with E-state index < -0.39 is 0 Å². The quantitative estimate of drug-likeness (QED) is 0.424. The van der Waals surface area contributed by atoms with Crippen molar-refractivity contribution in [2.75, 3.05) is 39.8 Å². The zero-order valence-electron chi connectivity index (χ0n) is 20.9. The van der Waals surface area contributed by atoms with Crippen LogP contribution < -0.4 is 24.3 Å². The second kappa shape index (κ2) is 10.9. The Balaban J connectivity index is 1.67. The predicted molar refractivity (Wildman–Crippen MR) is 143 cm³/mol. The molecule has 7 heteroatoms. The fourth-order valence-electron chi connectivity index (χ4n) is 4.50. The highest BCUT2D eigenvalue weighted by atomic mass is 32.1. The first-order valence-corrected chi connectivity index (χ1v) is 12.0. The minimum Gasteiger partial charge on any atom is -0.493 e. The standard InChI is InChI=1S/C28H32N2O4S/c1-18-10-11-22(19(2)14-18)29-28(35)30-13-12-20-15-26(32-4)27(33-5)16-21(20)23(30)17-34-25-9-7-6-8-24(25)31-3/h6-11,14-16,23H,12-13,17H2,1-5H3,(H,29,35). The van der Waals surface area contributed by atoms with Crippen LogP contribution in [0.3, 0.4) is 0 Å². The van der Waals surface area contributed by atoms with Gasteiger partial charge in [0.25, 0.3) is 0 Å². The summed E-state index contributed by atoms with van der Waals surface area (Å²) >= 11 is 5.92. The maximum Gasteiger partial charge on any atom is 0.174 e. The molecule has 0 amide bonds. The van der Waals surface area contributed by atoms with Crippen molar-refractivity contribution in [2.45, 2.75) is 26.3 Å². The van der Waals surface area contributed by atoms with E-state index in [1.807, 2.05) is 30.3 Å². The molecule has 1 unspecified atom stereocenters. The van der Waals surface area contributed by atoms with Crippen molar-refractivity contribution < 1.29 is 18.9 Å². The monoisotopic (exact) mass is 492 g/mol. The molecule has 1 aliphatic rings. The van der Waals surface area contributed by atoms with Crippen LogP contribution in [0.2, 0.25) is 0 Å². The minimum atomic E-state index is -0.130. The van der Waals surface area contributed by atoms with Crippen LogP contribution in [0.1, 0.15) is 28.3 Å². The van der Waals surface area contributed by atoms with Gasteiger partial charge in [-0.2, -0.15) is 0 Å². The second-order valence-corrected chi connectivity index (χ2v) is 8.96. The number of hydrogen-bond donors (Lipinski definition) is 1. The molecule has 0 fully saturated rings. The number of fused-ring (bicyclic) bond motifs is 1. The number of nitrogens with zero attached hydrogens (tertiary/aromatic N) is 1. The van der Waals surface area contributed by atoms with Crippen LogP contribution in [0, 0.1) is 13.8 Å². The van der Waals surface area contributed by atoms with Crippen LogP contribution >= 0.6 is 12.2 Å². The van der Waals surface area contributed by atoms with Gasteiger partial charge in [-0.25, -0.2) is 0 Å². The lowest BCUT2D eigenvalue weighted by molar-refractivity contribution is 0.185. The molecule has 3 aromatic rings. The first-order valence-electron chi connectivity index (χ1n) is 11.6. The number of para-hydroxylation sites is 2. The molecule has 0 aromatic heterocycles. The molecular formula is C28H32N2O4S. The summed E-state index contributed by atoms with van der Waals surface area (Å²) in [5.74, 6) is 2.79. The van der Waals surface area contributed by atoms with Crippen molar-refractivity contribution in [1.29, 1.82) is 0 Å². The molecule has 4 rings (SSSR count). The third-order valence-corrected chi connectivity index (χ3v) is 6.69. The Kier molecular flexibility index (Phi) is 7.66. The zero-order valence-corrected chi connectivity index (χ0v) is 21.7. The molecule has 1 heterocycles. The molecule has 0 saturated carbocycles. The normalized spacial score (nSPS) is 14.7. The number of ether oxygens (including phenoxy) is 4. The molecule has 6 nitrogen and oxygen atoms in total. The van der Waals surface area contributed by atoms with E-state index in [1.54, 1.807) is 21.3 Å². The molecule has 35 heavy (non-hydrogen) atoms. The lowest BCUT2D eigenvalue weighted by Gasteiger charge is -2.39. The summed E-state index contributed by atoms with van der Waals surface area (Å²) in [6.45, 7) is 5.31. The van der Waals surface area contributed by atoms with Crippen molar-refractivity contribution in [3.63, 3.8) is 0 Å². The largest absolute Gasteiger partial charge is 0.493 e. The molecule has 0 spiro atoms. The van der Waals surface area contributed by atoms with E-state index in [9.17, 15) is 0 Å². The number of benzene rings is 3. The Hall–Kier alpha value is -3.45. The number of methoxy groups -OCH3 is 3. The van der Waals surface area contributed by atoms with E-state index in [2.05, 4.69) is 48.3 Å². The molecule has 0 bridgehead atoms. The van der Waals surface area contributed by atoms with Gasteiger partial charge < -0.3 is 29.2 Å². The first-order chi connectivity index (χ1) is 16.9. The van der Waals surface area contributed by atoms with Crippen molar-refractivity contribution in [3.05, 3.63) is 76.9 Å². The summed E-state index contributed by atoms with van der Waals surface area (Å²) in [7, 11) is 4.95. The summed E-state index contributed by atoms with van der Waals surface area (Å²) < 4.78 is 22.9. The molecule has 1 N–H and O–H groups in total. The second-order valence-electron chi connectivity index (χ2n) is 8.58. The van der Waals surface area contributed by atoms with Gasteiger partial charge in [0, 0.05) is 12.2 Å². The van der Waals surface area contributed by atoms with Gasteiger partial charge in [-0.1, -0.05) is 29.8 Å². The average molecular weight is 493 g/mol. The molecule has 184 valence electrons. The van der Waals surface area contributed by atoms with E-state index >= 15 is 0 Å². The SMILES string of the molecule is COc1cc2c(cc1OC)C(COc1ccccc1OC)N(C(=S)Nc1ccc(C)cc1C)CC2. The number of rotatable bonds is 7. The number of hydrogen-bond acceptors (Lipinski definition) is 5. The van der Waals surface area contributed by atoms with Gasteiger partial charge in [-0.05, 0) is 79.5 Å². The van der Waals surface area contributed by atoms with Crippen LogP contribution in [-0.2, 0) is 6.42 Å². The van der Waals surface area contributed by atoms with Gasteiger partial charge in [-0.15, -0.1) is 0 Å². The van der Waals surface area contributed by atoms with Crippen LogP contribution in [0.4, 0.5) is 5.69 Å². The smallest absolute Gasteiger partial charge is 0.174 e. The zero-order chi connectivity index (χ0) is 24.9. The Labute approximate surface area is 212 Å². The molecule has 3 aromatic carbocycles. The van der Waals surface area contributed by atoms with Gasteiger partial charge in [0.05, 0.1) is 27.4 Å². The summed E-state index contributed by atoms with van der Waals surface area (Å²) in [6, 6.07) is 17.9. The Morgan fingerprint density at radius 3 is 2.29 bits per heavy atom. The number of thiocarbonyl (C=S) groups is 1. The molecule has 1 atom stereocenters. The lowest BCUT2D eigenvalue weighted by Crippen LogP contribution is -2.44. The highest BCUT2D eigenvalue weighted by Crippen LogP contribution is 2.39. The van der Waals surface area contributed by atoms with Gasteiger partial charge in [0.1, 0.15) is 6.61 Å². The molecule has 1 aliphatic heterocycles. The van der Waals surface area contributed by atoms with Crippen molar-refractivity contribution in [3.8, 4) is 23.0 Å². The van der Waals surface area contributed by atoms with Gasteiger partial charge in [-0.3, -0.25) is 0 Å². The molecule has 0 saturated heterocycles. The molecular weight excluding hydrogens is 460 g/mol. The minimum absolute atomic E-state index is 0.130. The van der Waals surface area contributed by atoms with Crippen LogP contribution in [-0.4, -0.2) is 44.5 Å². The Morgan fingerprint density at radius 2 is 1.60 bits per heavy atom. The van der Waals surface area contributed by atoms with Crippen molar-refractivity contribution in [2.24, 2.45) is 0 Å². The third-order valence-electron chi connectivity index (χ3n) is 6.35. The van der Waals surface area contributed by atoms with Gasteiger partial charge in [0.2, 0.25) is 0 Å². The average Bonchev–Trinajstić information content (AvgIpc) is 2.87. The van der Waals surface area contributed by atoms with E-state index in [-0.39, 0.29) is 6.04 Å². The van der Waals surface area contributed by atoms with E-state index in [0.29, 0.717) is 29.0 Å². The Bertz CT molecular complexity index is 1210. The predicted octanol–water partition coefficient (Wildman–Crippen LogP) is 5.70. The number of anilines is 1. The summed E-state index contributed by atoms with van der Waals surface area (Å²) in [4.78, 5) is 2.19. The highest BCUT2D eigenvalue weighted by Gasteiger charge is 2.32. The van der Waals surface area contributed by atoms with Gasteiger partial charge in [0.15, 0.2) is 28.1 Å². The molecule has 0 radical (unpaired) electrons. The van der Waals surface area contributed by atoms with Crippen LogP contribution in [0.25, 0.3) is 0 Å². The summed E-state index contributed by atoms with van der Waals surface area (Å²) in [6.07, 6.45) is 0.829. The maximum atomic E-state index is 6.30. The van der Waals surface area contributed by atoms with Crippen LogP contribution in [0.15, 0.2) is 54.6 Å². The fraction of sp³-hybridized carbons (Fsp3) is 0.321. The first kappa shape index (κ1) is 24.7. The number of aryl methyl sites for hydroxylation is 2. The summed E-state index contributed by atoms with van der Waals surface area (Å²) in [5.41, 5.74) is 5.67. The third kappa shape index (κ3) is 5.30. The van der Waals surface area contributed by atoms with E-state index in [4.69, 9.17) is 31.2 Å². The van der Waals surface area contributed by atoms with Crippen LogP contribution in [0.5, 0.6) is 23.0 Å². The van der Waals surface area contributed by atoms with E-state index in [0.717, 1.165) is 35.5 Å². The van der Waals surface area contributed by atoms with E-state index in [1.165, 1.54) is 11.1 Å². The Morgan fingerprint density at radius 1 is 0.914 bits per heavy atom. The van der Waals surface area contributed by atoms with Gasteiger partial charge >= 0.3 is 0 Å². The summed E-state index contributed by atoms with van der Waals surface area (Å²) in [5, 5.41) is 4.12. The fourth-order valence-corrected chi connectivity index (χ4v) is 4.83. The lowest BCUT2D eigenvalue weighted by atomic mass is 9.92. The maximum absolute atomic E-state index is 6.30. The molecule has 0 aliphatic carbocycles. The topological polar surface area (TPSA) is 52.2 Å². The van der Waals surface area contributed by atoms with Crippen molar-refractivity contribution in [1.82, 2.24) is 4.90 Å².